The molecule has 0 unspecified atom stereocenters. The first-order valence-corrected chi connectivity index (χ1v) is 11.2. The summed E-state index contributed by atoms with van der Waals surface area (Å²) >= 11 is 1.40. The molecule has 0 saturated carbocycles. The van der Waals surface area contributed by atoms with Crippen LogP contribution in [0, 0.1) is 0 Å². The van der Waals surface area contributed by atoms with Crippen molar-refractivity contribution in [1.82, 2.24) is 0 Å². The van der Waals surface area contributed by atoms with E-state index in [0.717, 1.165) is 46.9 Å². The Hall–Kier alpha value is -3.19. The van der Waals surface area contributed by atoms with Gasteiger partial charge in [-0.2, -0.15) is 0 Å². The minimum absolute atomic E-state index is 0.263. The Morgan fingerprint density at radius 2 is 1.74 bits per heavy atom. The molecule has 1 heterocycles. The number of nitrogens with one attached hydrogen (secondary N) is 1. The van der Waals surface area contributed by atoms with Crippen molar-refractivity contribution in [3.8, 4) is 0 Å². The Kier molecular flexibility index (Phi) is 6.32. The molecule has 0 saturated heterocycles. The quantitative estimate of drug-likeness (QED) is 0.563. The highest BCUT2D eigenvalue weighted by Crippen LogP contribution is 2.38. The van der Waals surface area contributed by atoms with Crippen molar-refractivity contribution in [3.63, 3.8) is 0 Å². The van der Waals surface area contributed by atoms with Gasteiger partial charge in [-0.3, -0.25) is 4.79 Å². The predicted octanol–water partition coefficient (Wildman–Crippen LogP) is 4.75. The largest absolute Gasteiger partial charge is 0.462 e. The zero-order valence-electron chi connectivity index (χ0n) is 17.2. The Morgan fingerprint density at radius 3 is 2.58 bits per heavy atom. The van der Waals surface area contributed by atoms with Crippen LogP contribution in [0.5, 0.6) is 0 Å². The fourth-order valence-corrected chi connectivity index (χ4v) is 5.14. The SMILES string of the molecule is CCOC(=O)c1c(NC(=O)COC(=O)c2cccc3ccccc23)sc2c1CCCC2. The van der Waals surface area contributed by atoms with Crippen LogP contribution in [-0.2, 0) is 27.1 Å². The van der Waals surface area contributed by atoms with E-state index in [1.54, 1.807) is 19.1 Å². The zero-order chi connectivity index (χ0) is 21.8. The molecule has 1 N–H and O–H groups in total. The number of hydrogen-bond donors (Lipinski definition) is 1. The highest BCUT2D eigenvalue weighted by molar-refractivity contribution is 7.17. The standard InChI is InChI=1S/C24H23NO5S/c1-2-29-24(28)21-18-11-5-6-13-19(18)31-22(21)25-20(26)14-30-23(27)17-12-7-9-15-8-3-4-10-16(15)17/h3-4,7-10,12H,2,5-6,11,13-14H2,1H3,(H,25,26). The number of fused-ring (bicyclic) bond motifs is 2. The summed E-state index contributed by atoms with van der Waals surface area (Å²) in [5.74, 6) is -1.48. The molecule has 4 rings (SSSR count). The van der Waals surface area contributed by atoms with Crippen molar-refractivity contribution in [2.24, 2.45) is 0 Å². The first kappa shape index (κ1) is 21.1. The maximum absolute atomic E-state index is 12.6. The summed E-state index contributed by atoms with van der Waals surface area (Å²) in [4.78, 5) is 38.7. The van der Waals surface area contributed by atoms with Crippen LogP contribution in [0.1, 0.15) is 50.9 Å². The van der Waals surface area contributed by atoms with Crippen LogP contribution in [0.4, 0.5) is 5.00 Å². The second-order valence-corrected chi connectivity index (χ2v) is 8.39. The fourth-order valence-electron chi connectivity index (χ4n) is 3.85. The molecule has 0 fully saturated rings. The second kappa shape index (κ2) is 9.31. The molecule has 0 radical (unpaired) electrons. The summed E-state index contributed by atoms with van der Waals surface area (Å²) in [6.07, 6.45) is 3.75. The van der Waals surface area contributed by atoms with Gasteiger partial charge >= 0.3 is 11.9 Å². The first-order valence-electron chi connectivity index (χ1n) is 10.3. The van der Waals surface area contributed by atoms with Gasteiger partial charge in [0.2, 0.25) is 0 Å². The minimum atomic E-state index is -0.567. The van der Waals surface area contributed by atoms with Crippen molar-refractivity contribution in [1.29, 1.82) is 0 Å². The Balaban J connectivity index is 1.47. The molecule has 2 aromatic carbocycles. The highest BCUT2D eigenvalue weighted by atomic mass is 32.1. The molecule has 0 spiro atoms. The van der Waals surface area contributed by atoms with E-state index in [2.05, 4.69) is 5.32 Å². The molecular weight excluding hydrogens is 414 g/mol. The van der Waals surface area contributed by atoms with E-state index in [9.17, 15) is 14.4 Å². The lowest BCUT2D eigenvalue weighted by Crippen LogP contribution is -2.22. The molecule has 3 aromatic rings. The van der Waals surface area contributed by atoms with Crippen LogP contribution in [0.3, 0.4) is 0 Å². The number of thiophene rings is 1. The molecule has 0 aliphatic heterocycles. The van der Waals surface area contributed by atoms with Gasteiger partial charge in [0.25, 0.3) is 5.91 Å². The van der Waals surface area contributed by atoms with Gasteiger partial charge in [-0.1, -0.05) is 36.4 Å². The van der Waals surface area contributed by atoms with E-state index in [-0.39, 0.29) is 6.61 Å². The first-order chi connectivity index (χ1) is 15.1. The molecule has 7 heteroatoms. The zero-order valence-corrected chi connectivity index (χ0v) is 18.1. The van der Waals surface area contributed by atoms with Gasteiger partial charge in [-0.25, -0.2) is 9.59 Å². The lowest BCUT2D eigenvalue weighted by Gasteiger charge is -2.12. The molecule has 0 atom stereocenters. The third-order valence-corrected chi connectivity index (χ3v) is 6.45. The van der Waals surface area contributed by atoms with Gasteiger partial charge in [0, 0.05) is 4.88 Å². The van der Waals surface area contributed by atoms with Crippen LogP contribution in [0.15, 0.2) is 42.5 Å². The molecule has 1 aliphatic carbocycles. The fraction of sp³-hybridized carbons (Fsp3) is 0.292. The number of anilines is 1. The van der Waals surface area contributed by atoms with E-state index in [1.165, 1.54) is 11.3 Å². The average molecular weight is 438 g/mol. The van der Waals surface area contributed by atoms with Crippen LogP contribution >= 0.6 is 11.3 Å². The lowest BCUT2D eigenvalue weighted by molar-refractivity contribution is -0.119. The summed E-state index contributed by atoms with van der Waals surface area (Å²) in [6, 6.07) is 12.9. The number of carbonyl (C=O) groups excluding carboxylic acids is 3. The predicted molar refractivity (Wildman–Crippen MR) is 120 cm³/mol. The summed E-state index contributed by atoms with van der Waals surface area (Å²) in [6.45, 7) is 1.58. The maximum Gasteiger partial charge on any atom is 0.341 e. The monoisotopic (exact) mass is 437 g/mol. The number of benzene rings is 2. The van der Waals surface area contributed by atoms with Crippen molar-refractivity contribution in [2.45, 2.75) is 32.6 Å². The smallest absolute Gasteiger partial charge is 0.341 e. The van der Waals surface area contributed by atoms with E-state index < -0.39 is 24.5 Å². The summed E-state index contributed by atoms with van der Waals surface area (Å²) < 4.78 is 10.5. The highest BCUT2D eigenvalue weighted by Gasteiger charge is 2.27. The third-order valence-electron chi connectivity index (χ3n) is 5.25. The van der Waals surface area contributed by atoms with Crippen LogP contribution < -0.4 is 5.32 Å². The van der Waals surface area contributed by atoms with Crippen molar-refractivity contribution >= 4 is 45.0 Å². The Morgan fingerprint density at radius 1 is 0.968 bits per heavy atom. The van der Waals surface area contributed by atoms with E-state index in [0.29, 0.717) is 16.1 Å². The van der Waals surface area contributed by atoms with Crippen LogP contribution in [0.25, 0.3) is 10.8 Å². The van der Waals surface area contributed by atoms with Gasteiger partial charge in [0.15, 0.2) is 6.61 Å². The third kappa shape index (κ3) is 4.46. The van der Waals surface area contributed by atoms with Crippen LogP contribution in [-0.4, -0.2) is 31.1 Å². The Bertz CT molecular complexity index is 1140. The molecular formula is C24H23NO5S. The lowest BCUT2D eigenvalue weighted by atomic mass is 9.95. The van der Waals surface area contributed by atoms with Gasteiger partial charge in [0.1, 0.15) is 5.00 Å². The van der Waals surface area contributed by atoms with Gasteiger partial charge in [-0.15, -0.1) is 11.3 Å². The van der Waals surface area contributed by atoms with Crippen molar-refractivity contribution in [3.05, 3.63) is 64.0 Å². The van der Waals surface area contributed by atoms with Crippen LogP contribution in [0.2, 0.25) is 0 Å². The topological polar surface area (TPSA) is 81.7 Å². The number of carbonyl (C=O) groups is 3. The molecule has 1 aliphatic rings. The van der Waals surface area contributed by atoms with E-state index >= 15 is 0 Å². The van der Waals surface area contributed by atoms with E-state index in [4.69, 9.17) is 9.47 Å². The average Bonchev–Trinajstić information content (AvgIpc) is 3.15. The van der Waals surface area contributed by atoms with Gasteiger partial charge in [0.05, 0.1) is 17.7 Å². The summed E-state index contributed by atoms with van der Waals surface area (Å²) in [5, 5.41) is 4.91. The number of rotatable bonds is 6. The maximum atomic E-state index is 12.6. The molecule has 160 valence electrons. The van der Waals surface area contributed by atoms with Crippen molar-refractivity contribution in [2.75, 3.05) is 18.5 Å². The molecule has 31 heavy (non-hydrogen) atoms. The summed E-state index contributed by atoms with van der Waals surface area (Å²) in [7, 11) is 0. The number of esters is 2. The molecule has 6 nitrogen and oxygen atoms in total. The normalized spacial score (nSPS) is 12.8. The molecule has 0 bridgehead atoms. The molecule has 1 amide bonds. The number of aryl methyl sites for hydroxylation is 1. The van der Waals surface area contributed by atoms with Gasteiger partial charge in [-0.05, 0) is 55.0 Å². The van der Waals surface area contributed by atoms with Crippen molar-refractivity contribution < 1.29 is 23.9 Å². The minimum Gasteiger partial charge on any atom is -0.462 e. The Labute approximate surface area is 184 Å². The number of hydrogen-bond acceptors (Lipinski definition) is 6. The second-order valence-electron chi connectivity index (χ2n) is 7.29. The van der Waals surface area contributed by atoms with Gasteiger partial charge < -0.3 is 14.8 Å². The summed E-state index contributed by atoms with van der Waals surface area (Å²) in [5.41, 5.74) is 1.82. The van der Waals surface area contributed by atoms with E-state index in [1.807, 2.05) is 30.3 Å². The number of amides is 1. The number of ether oxygens (including phenoxy) is 2. The molecule has 1 aromatic heterocycles.